The molecule has 0 unspecified atom stereocenters. The molecule has 5 rings (SSSR count). The smallest absolute Gasteiger partial charge is 0.251 e. The predicted octanol–water partition coefficient (Wildman–Crippen LogP) is 3.20. The van der Waals surface area contributed by atoms with Crippen molar-refractivity contribution in [3.05, 3.63) is 29.8 Å². The van der Waals surface area contributed by atoms with Gasteiger partial charge in [0.15, 0.2) is 0 Å². The minimum atomic E-state index is -0.122. The van der Waals surface area contributed by atoms with Gasteiger partial charge in [0.25, 0.3) is 5.91 Å². The van der Waals surface area contributed by atoms with E-state index in [-0.39, 0.29) is 11.8 Å². The Morgan fingerprint density at radius 1 is 1.00 bits per heavy atom. The highest BCUT2D eigenvalue weighted by atomic mass is 16.2. The van der Waals surface area contributed by atoms with Gasteiger partial charge in [0.05, 0.1) is 0 Å². The second-order valence-electron chi connectivity index (χ2n) is 7.69. The molecule has 4 aliphatic carbocycles. The molecule has 4 bridgehead atoms. The maximum Gasteiger partial charge on any atom is 0.251 e. The van der Waals surface area contributed by atoms with Gasteiger partial charge >= 0.3 is 0 Å². The molecule has 2 amide bonds. The molecular formula is C19H24N2O2. The van der Waals surface area contributed by atoms with E-state index >= 15 is 0 Å². The van der Waals surface area contributed by atoms with Crippen molar-refractivity contribution in [2.45, 2.75) is 45.1 Å². The van der Waals surface area contributed by atoms with Crippen LogP contribution in [0.3, 0.4) is 0 Å². The monoisotopic (exact) mass is 312 g/mol. The molecule has 0 aliphatic heterocycles. The lowest BCUT2D eigenvalue weighted by Gasteiger charge is -2.54. The van der Waals surface area contributed by atoms with Crippen molar-refractivity contribution in [2.75, 3.05) is 5.32 Å². The highest BCUT2D eigenvalue weighted by Crippen LogP contribution is 2.53. The molecule has 4 nitrogen and oxygen atoms in total. The Bertz CT molecular complexity index is 612. The summed E-state index contributed by atoms with van der Waals surface area (Å²) in [5.41, 5.74) is 1.31. The molecular weight excluding hydrogens is 288 g/mol. The van der Waals surface area contributed by atoms with Gasteiger partial charge in [-0.15, -0.1) is 0 Å². The molecule has 4 heteroatoms. The summed E-state index contributed by atoms with van der Waals surface area (Å²) in [6, 6.07) is 7.54. The van der Waals surface area contributed by atoms with Gasteiger partial charge in [-0.2, -0.15) is 0 Å². The lowest BCUT2D eigenvalue weighted by Crippen LogP contribution is -2.55. The maximum atomic E-state index is 12.7. The fourth-order valence-corrected chi connectivity index (χ4v) is 5.34. The first-order valence-corrected chi connectivity index (χ1v) is 8.77. The Labute approximate surface area is 137 Å². The SMILES string of the molecule is CC(=O)Nc1cccc(C(=O)NC2C3CC4CC(C3)CC2C4)c1. The number of hydrogen-bond acceptors (Lipinski definition) is 2. The highest BCUT2D eigenvalue weighted by molar-refractivity contribution is 5.97. The van der Waals surface area contributed by atoms with Gasteiger partial charge in [0.2, 0.25) is 5.91 Å². The third-order valence-corrected chi connectivity index (χ3v) is 5.97. The molecule has 0 spiro atoms. The van der Waals surface area contributed by atoms with Gasteiger partial charge in [-0.05, 0) is 74.0 Å². The third kappa shape index (κ3) is 2.87. The Balaban J connectivity index is 1.47. The molecule has 1 aromatic rings. The number of nitrogens with one attached hydrogen (secondary N) is 2. The third-order valence-electron chi connectivity index (χ3n) is 5.97. The first kappa shape index (κ1) is 14.7. The lowest BCUT2D eigenvalue weighted by atomic mass is 9.54. The summed E-state index contributed by atoms with van der Waals surface area (Å²) >= 11 is 0. The average Bonchev–Trinajstić information content (AvgIpc) is 2.49. The second kappa shape index (κ2) is 5.66. The minimum Gasteiger partial charge on any atom is -0.349 e. The van der Waals surface area contributed by atoms with Crippen LogP contribution in [0.25, 0.3) is 0 Å². The summed E-state index contributed by atoms with van der Waals surface area (Å²) in [5, 5.41) is 6.04. The van der Waals surface area contributed by atoms with Gasteiger partial charge in [-0.25, -0.2) is 0 Å². The van der Waals surface area contributed by atoms with Crippen molar-refractivity contribution in [3.63, 3.8) is 0 Å². The van der Waals surface area contributed by atoms with Crippen LogP contribution in [-0.4, -0.2) is 17.9 Å². The largest absolute Gasteiger partial charge is 0.349 e. The van der Waals surface area contributed by atoms with Gasteiger partial charge in [0, 0.05) is 24.2 Å². The van der Waals surface area contributed by atoms with Crippen LogP contribution in [0.2, 0.25) is 0 Å². The number of amides is 2. The Kier molecular flexibility index (Phi) is 3.63. The van der Waals surface area contributed by atoms with E-state index in [2.05, 4.69) is 10.6 Å². The molecule has 4 fully saturated rings. The zero-order chi connectivity index (χ0) is 16.0. The Morgan fingerprint density at radius 3 is 2.26 bits per heavy atom. The molecule has 0 saturated heterocycles. The van der Waals surface area contributed by atoms with E-state index in [9.17, 15) is 9.59 Å². The summed E-state index contributed by atoms with van der Waals surface area (Å²) < 4.78 is 0. The van der Waals surface area contributed by atoms with Crippen molar-refractivity contribution >= 4 is 17.5 Å². The van der Waals surface area contributed by atoms with Crippen LogP contribution >= 0.6 is 0 Å². The van der Waals surface area contributed by atoms with Gasteiger partial charge < -0.3 is 10.6 Å². The number of anilines is 1. The molecule has 4 saturated carbocycles. The van der Waals surface area contributed by atoms with E-state index in [1.807, 2.05) is 12.1 Å². The molecule has 0 aromatic heterocycles. The number of carbonyl (C=O) groups excluding carboxylic acids is 2. The quantitative estimate of drug-likeness (QED) is 0.900. The molecule has 1 aromatic carbocycles. The molecule has 0 heterocycles. The summed E-state index contributed by atoms with van der Waals surface area (Å²) in [7, 11) is 0. The van der Waals surface area contributed by atoms with Gasteiger partial charge in [0.1, 0.15) is 0 Å². The standard InChI is InChI=1S/C19H24N2O2/c1-11(22)20-17-4-2-3-14(10-17)19(23)21-18-15-6-12-5-13(8-15)9-16(18)7-12/h2-4,10,12-13,15-16,18H,5-9H2,1H3,(H,20,22)(H,21,23). The highest BCUT2D eigenvalue weighted by Gasteiger charge is 2.48. The number of benzene rings is 1. The number of hydrogen-bond donors (Lipinski definition) is 2. The first-order valence-electron chi connectivity index (χ1n) is 8.77. The van der Waals surface area contributed by atoms with Gasteiger partial charge in [-0.3, -0.25) is 9.59 Å². The molecule has 4 aliphatic rings. The van der Waals surface area contributed by atoms with E-state index in [4.69, 9.17) is 0 Å². The zero-order valence-electron chi connectivity index (χ0n) is 13.5. The minimum absolute atomic E-state index is 0.00493. The molecule has 0 radical (unpaired) electrons. The van der Waals surface area contributed by atoms with Crippen molar-refractivity contribution < 1.29 is 9.59 Å². The molecule has 23 heavy (non-hydrogen) atoms. The Hall–Kier alpha value is -1.84. The first-order chi connectivity index (χ1) is 11.1. The fraction of sp³-hybridized carbons (Fsp3) is 0.579. The zero-order valence-corrected chi connectivity index (χ0v) is 13.5. The molecule has 0 atom stereocenters. The van der Waals surface area contributed by atoms with E-state index in [1.54, 1.807) is 12.1 Å². The van der Waals surface area contributed by atoms with Crippen LogP contribution in [0, 0.1) is 23.7 Å². The van der Waals surface area contributed by atoms with Crippen LogP contribution in [-0.2, 0) is 4.79 Å². The summed E-state index contributed by atoms with van der Waals surface area (Å²) in [4.78, 5) is 23.8. The van der Waals surface area contributed by atoms with Crippen LogP contribution in [0.1, 0.15) is 49.4 Å². The van der Waals surface area contributed by atoms with E-state index in [1.165, 1.54) is 39.0 Å². The molecule has 122 valence electrons. The van der Waals surface area contributed by atoms with E-state index in [0.717, 1.165) is 11.8 Å². The normalized spacial score (nSPS) is 34.2. The average molecular weight is 312 g/mol. The van der Waals surface area contributed by atoms with Crippen molar-refractivity contribution in [3.8, 4) is 0 Å². The van der Waals surface area contributed by atoms with E-state index in [0.29, 0.717) is 29.1 Å². The summed E-state index contributed by atoms with van der Waals surface area (Å²) in [6.45, 7) is 1.47. The predicted molar refractivity (Wildman–Crippen MR) is 89.0 cm³/mol. The van der Waals surface area contributed by atoms with Crippen LogP contribution in [0.4, 0.5) is 5.69 Å². The van der Waals surface area contributed by atoms with E-state index < -0.39 is 0 Å². The van der Waals surface area contributed by atoms with Crippen LogP contribution in [0.5, 0.6) is 0 Å². The van der Waals surface area contributed by atoms with Gasteiger partial charge in [-0.1, -0.05) is 6.07 Å². The summed E-state index contributed by atoms with van der Waals surface area (Å²) in [5.74, 6) is 3.04. The fourth-order valence-electron chi connectivity index (χ4n) is 5.34. The van der Waals surface area contributed by atoms with Crippen LogP contribution in [0.15, 0.2) is 24.3 Å². The lowest BCUT2D eigenvalue weighted by molar-refractivity contribution is -0.114. The maximum absolute atomic E-state index is 12.7. The van der Waals surface area contributed by atoms with Crippen LogP contribution < -0.4 is 10.6 Å². The summed E-state index contributed by atoms with van der Waals surface area (Å²) in [6.07, 6.45) is 6.61. The Morgan fingerprint density at radius 2 is 1.65 bits per heavy atom. The second-order valence-corrected chi connectivity index (χ2v) is 7.69. The topological polar surface area (TPSA) is 58.2 Å². The number of rotatable bonds is 3. The molecule has 2 N–H and O–H groups in total. The van der Waals surface area contributed by atoms with Crippen molar-refractivity contribution in [1.82, 2.24) is 5.32 Å². The van der Waals surface area contributed by atoms with Crippen molar-refractivity contribution in [2.24, 2.45) is 23.7 Å². The van der Waals surface area contributed by atoms with Crippen molar-refractivity contribution in [1.29, 1.82) is 0 Å². The number of carbonyl (C=O) groups is 2.